The molecule has 1 aliphatic heterocycles. The van der Waals surface area contributed by atoms with Crippen molar-refractivity contribution in [2.75, 3.05) is 18.6 Å². The van der Waals surface area contributed by atoms with Crippen molar-refractivity contribution in [3.8, 4) is 5.75 Å². The van der Waals surface area contributed by atoms with Gasteiger partial charge in [0.1, 0.15) is 5.75 Å². The van der Waals surface area contributed by atoms with Gasteiger partial charge >= 0.3 is 0 Å². The van der Waals surface area contributed by atoms with Crippen molar-refractivity contribution in [2.45, 2.75) is 25.4 Å². The highest BCUT2D eigenvalue weighted by atomic mass is 32.2. The van der Waals surface area contributed by atoms with Gasteiger partial charge in [0.25, 0.3) is 0 Å². The van der Waals surface area contributed by atoms with Gasteiger partial charge in [-0.2, -0.15) is 0 Å². The number of benzene rings is 1. The zero-order valence-electron chi connectivity index (χ0n) is 10.1. The minimum Gasteiger partial charge on any atom is -0.497 e. The van der Waals surface area contributed by atoms with Crippen LogP contribution in [0.15, 0.2) is 24.3 Å². The second-order valence-electron chi connectivity index (χ2n) is 4.35. The highest BCUT2D eigenvalue weighted by Gasteiger charge is 2.16. The number of hydrogen-bond acceptors (Lipinski definition) is 3. The molecule has 0 unspecified atom stereocenters. The average molecular weight is 253 g/mol. The first-order chi connectivity index (χ1) is 8.28. The lowest BCUT2D eigenvalue weighted by molar-refractivity contribution is 0.413. The first kappa shape index (κ1) is 12.6. The zero-order chi connectivity index (χ0) is 12.1. The minimum atomic E-state index is -0.574. The Bertz CT molecular complexity index is 385. The van der Waals surface area contributed by atoms with E-state index >= 15 is 0 Å². The molecule has 0 spiro atoms. The molecule has 1 fully saturated rings. The minimum absolute atomic E-state index is 0.513. The standard InChI is InChI=1S/C13H19NO2S/c1-16-13-4-2-3-11(9-13)10-14-12-5-7-17(15)8-6-12/h2-4,9,12,14H,5-8,10H2,1H3. The van der Waals surface area contributed by atoms with Crippen LogP contribution < -0.4 is 10.1 Å². The first-order valence-electron chi connectivity index (χ1n) is 5.99. The van der Waals surface area contributed by atoms with Crippen LogP contribution >= 0.6 is 0 Å². The molecule has 1 N–H and O–H groups in total. The number of rotatable bonds is 4. The summed E-state index contributed by atoms with van der Waals surface area (Å²) in [5.41, 5.74) is 1.23. The third-order valence-electron chi connectivity index (χ3n) is 3.12. The maximum atomic E-state index is 11.2. The van der Waals surface area contributed by atoms with E-state index in [2.05, 4.69) is 11.4 Å². The van der Waals surface area contributed by atoms with Crippen LogP contribution in [0.2, 0.25) is 0 Å². The van der Waals surface area contributed by atoms with Crippen molar-refractivity contribution in [2.24, 2.45) is 0 Å². The molecule has 1 heterocycles. The monoisotopic (exact) mass is 253 g/mol. The van der Waals surface area contributed by atoms with Gasteiger partial charge in [0.15, 0.2) is 0 Å². The summed E-state index contributed by atoms with van der Waals surface area (Å²) >= 11 is 0. The van der Waals surface area contributed by atoms with E-state index in [1.165, 1.54) is 5.56 Å². The first-order valence-corrected chi connectivity index (χ1v) is 7.48. The number of methoxy groups -OCH3 is 1. The van der Waals surface area contributed by atoms with Crippen LogP contribution in [0.1, 0.15) is 18.4 Å². The summed E-state index contributed by atoms with van der Waals surface area (Å²) in [6.45, 7) is 0.856. The van der Waals surface area contributed by atoms with Gasteiger partial charge in [-0.05, 0) is 30.5 Å². The third kappa shape index (κ3) is 3.82. The Morgan fingerprint density at radius 3 is 2.88 bits per heavy atom. The van der Waals surface area contributed by atoms with Gasteiger partial charge in [-0.3, -0.25) is 4.21 Å². The Labute approximate surface area is 105 Å². The lowest BCUT2D eigenvalue weighted by Gasteiger charge is -2.22. The maximum absolute atomic E-state index is 11.2. The molecule has 0 saturated carbocycles. The Balaban J connectivity index is 1.82. The molecule has 0 aromatic heterocycles. The number of hydrogen-bond donors (Lipinski definition) is 1. The van der Waals surface area contributed by atoms with Gasteiger partial charge < -0.3 is 10.1 Å². The molecule has 3 nitrogen and oxygen atoms in total. The molecular formula is C13H19NO2S. The molecule has 94 valence electrons. The number of nitrogens with one attached hydrogen (secondary N) is 1. The van der Waals surface area contributed by atoms with E-state index in [-0.39, 0.29) is 0 Å². The lowest BCUT2D eigenvalue weighted by Crippen LogP contribution is -2.35. The highest BCUT2D eigenvalue weighted by Crippen LogP contribution is 2.14. The second kappa shape index (κ2) is 6.17. The molecule has 0 aliphatic carbocycles. The topological polar surface area (TPSA) is 38.3 Å². The molecule has 1 aromatic rings. The average Bonchev–Trinajstić information content (AvgIpc) is 2.38. The SMILES string of the molecule is COc1cccc(CNC2CCS(=O)CC2)c1. The van der Waals surface area contributed by atoms with Crippen LogP contribution in [0.5, 0.6) is 5.75 Å². The molecule has 17 heavy (non-hydrogen) atoms. The Hall–Kier alpha value is -0.870. The summed E-state index contributed by atoms with van der Waals surface area (Å²) in [5.74, 6) is 2.58. The van der Waals surface area contributed by atoms with Crippen molar-refractivity contribution in [1.82, 2.24) is 5.32 Å². The Kier molecular flexibility index (Phi) is 4.57. The van der Waals surface area contributed by atoms with Gasteiger partial charge in [0.2, 0.25) is 0 Å². The molecule has 0 atom stereocenters. The van der Waals surface area contributed by atoms with E-state index in [1.54, 1.807) is 7.11 Å². The molecule has 1 saturated heterocycles. The molecule has 1 aliphatic rings. The quantitative estimate of drug-likeness (QED) is 0.887. The van der Waals surface area contributed by atoms with Crippen LogP contribution in [0.4, 0.5) is 0 Å². The van der Waals surface area contributed by atoms with E-state index in [1.807, 2.05) is 18.2 Å². The normalized spacial score (nSPS) is 24.5. The maximum Gasteiger partial charge on any atom is 0.119 e. The molecule has 0 amide bonds. The summed E-state index contributed by atoms with van der Waals surface area (Å²) < 4.78 is 16.4. The van der Waals surface area contributed by atoms with Gasteiger partial charge in [0.05, 0.1) is 7.11 Å². The van der Waals surface area contributed by atoms with Crippen molar-refractivity contribution in [3.05, 3.63) is 29.8 Å². The second-order valence-corrected chi connectivity index (χ2v) is 6.05. The fraction of sp³-hybridized carbons (Fsp3) is 0.538. The smallest absolute Gasteiger partial charge is 0.119 e. The summed E-state index contributed by atoms with van der Waals surface area (Å²) in [6.07, 6.45) is 2.05. The van der Waals surface area contributed by atoms with Crippen LogP contribution in [0.3, 0.4) is 0 Å². The Morgan fingerprint density at radius 1 is 1.41 bits per heavy atom. The third-order valence-corrected chi connectivity index (χ3v) is 4.50. The van der Waals surface area contributed by atoms with E-state index in [4.69, 9.17) is 4.74 Å². The van der Waals surface area contributed by atoms with Crippen molar-refractivity contribution in [1.29, 1.82) is 0 Å². The van der Waals surface area contributed by atoms with Gasteiger partial charge in [0, 0.05) is 34.9 Å². The van der Waals surface area contributed by atoms with Crippen LogP contribution in [-0.2, 0) is 17.3 Å². The van der Waals surface area contributed by atoms with Gasteiger partial charge in [-0.15, -0.1) is 0 Å². The van der Waals surface area contributed by atoms with E-state index < -0.39 is 10.8 Å². The van der Waals surface area contributed by atoms with Gasteiger partial charge in [-0.1, -0.05) is 12.1 Å². The molecular weight excluding hydrogens is 234 g/mol. The largest absolute Gasteiger partial charge is 0.497 e. The highest BCUT2D eigenvalue weighted by molar-refractivity contribution is 7.85. The summed E-state index contributed by atoms with van der Waals surface area (Å²) in [6, 6.07) is 8.61. The molecule has 4 heteroatoms. The fourth-order valence-electron chi connectivity index (χ4n) is 2.04. The molecule has 2 rings (SSSR count). The van der Waals surface area contributed by atoms with Gasteiger partial charge in [-0.25, -0.2) is 0 Å². The summed E-state index contributed by atoms with van der Waals surface area (Å²) in [5, 5.41) is 3.52. The molecule has 0 bridgehead atoms. The van der Waals surface area contributed by atoms with Crippen LogP contribution in [-0.4, -0.2) is 28.9 Å². The van der Waals surface area contributed by atoms with E-state index in [0.717, 1.165) is 36.6 Å². The predicted octanol–water partition coefficient (Wildman–Crippen LogP) is 1.70. The predicted molar refractivity (Wildman–Crippen MR) is 70.7 cm³/mol. The summed E-state index contributed by atoms with van der Waals surface area (Å²) in [7, 11) is 1.11. The number of ether oxygens (including phenoxy) is 1. The van der Waals surface area contributed by atoms with Crippen molar-refractivity contribution in [3.63, 3.8) is 0 Å². The van der Waals surface area contributed by atoms with E-state index in [0.29, 0.717) is 6.04 Å². The van der Waals surface area contributed by atoms with Crippen LogP contribution in [0.25, 0.3) is 0 Å². The van der Waals surface area contributed by atoms with Crippen molar-refractivity contribution >= 4 is 10.8 Å². The van der Waals surface area contributed by atoms with E-state index in [9.17, 15) is 4.21 Å². The molecule has 0 radical (unpaired) electrons. The fourth-order valence-corrected chi connectivity index (χ4v) is 3.34. The van der Waals surface area contributed by atoms with Crippen LogP contribution in [0, 0.1) is 0 Å². The summed E-state index contributed by atoms with van der Waals surface area (Å²) in [4.78, 5) is 0. The molecule has 1 aromatic carbocycles. The lowest BCUT2D eigenvalue weighted by atomic mass is 10.1. The Morgan fingerprint density at radius 2 is 2.18 bits per heavy atom. The van der Waals surface area contributed by atoms with Crippen molar-refractivity contribution < 1.29 is 8.95 Å². The zero-order valence-corrected chi connectivity index (χ0v) is 11.0.